The molecule has 0 unspecified atom stereocenters. The first-order chi connectivity index (χ1) is 11.1. The maximum absolute atomic E-state index is 11.7. The number of halogens is 1. The summed E-state index contributed by atoms with van der Waals surface area (Å²) in [6.07, 6.45) is 3.09. The first kappa shape index (κ1) is 18.2. The van der Waals surface area contributed by atoms with Gasteiger partial charge in [-0.2, -0.15) is 0 Å². The molecule has 0 spiro atoms. The summed E-state index contributed by atoms with van der Waals surface area (Å²) in [7, 11) is 0. The molecule has 0 bridgehead atoms. The average molecular weight is 364 g/mol. The highest BCUT2D eigenvalue weighted by atomic mass is 35.5. The molecule has 0 fully saturated rings. The Kier molecular flexibility index (Phi) is 5.75. The molecule has 0 aliphatic carbocycles. The van der Waals surface area contributed by atoms with Crippen molar-refractivity contribution in [2.45, 2.75) is 27.3 Å². The number of ketones is 1. The Balaban J connectivity index is 0.00000208. The molecule has 3 aromatic rings. The molecule has 2 aromatic heterocycles. The van der Waals surface area contributed by atoms with Gasteiger partial charge >= 0.3 is 0 Å². The third-order valence-corrected chi connectivity index (χ3v) is 4.88. The van der Waals surface area contributed by atoms with Crippen molar-refractivity contribution in [3.8, 4) is 11.3 Å². The van der Waals surface area contributed by atoms with E-state index in [2.05, 4.69) is 21.5 Å². The Labute approximate surface area is 150 Å². The van der Waals surface area contributed by atoms with Gasteiger partial charge < -0.3 is 8.98 Å². The molecule has 0 aliphatic rings. The van der Waals surface area contributed by atoms with Crippen LogP contribution in [0.5, 0.6) is 0 Å². The highest BCUT2D eigenvalue weighted by Crippen LogP contribution is 2.22. The summed E-state index contributed by atoms with van der Waals surface area (Å²) >= 11 is 1.43. The molecule has 0 saturated heterocycles. The van der Waals surface area contributed by atoms with Gasteiger partial charge in [-0.15, -0.1) is 12.4 Å². The summed E-state index contributed by atoms with van der Waals surface area (Å²) in [4.78, 5) is 21.9. The van der Waals surface area contributed by atoms with Crippen molar-refractivity contribution in [2.75, 3.05) is 0 Å². The molecule has 0 saturated carbocycles. The van der Waals surface area contributed by atoms with Gasteiger partial charge in [0.1, 0.15) is 0 Å². The zero-order valence-electron chi connectivity index (χ0n) is 13.6. The number of carbonyl (C=O) groups excluding carboxylic acids is 1. The van der Waals surface area contributed by atoms with E-state index in [9.17, 15) is 4.79 Å². The minimum atomic E-state index is 0. The number of Topliss-reactive ketones (excluding diaryl/α,β-unsaturated/α-hetero) is 1. The summed E-state index contributed by atoms with van der Waals surface area (Å²) in [5, 5.41) is 0. The van der Waals surface area contributed by atoms with Gasteiger partial charge in [0.15, 0.2) is 22.7 Å². The maximum atomic E-state index is 11.7. The Morgan fingerprint density at radius 3 is 2.58 bits per heavy atom. The topological polar surface area (TPSA) is 60.4 Å². The summed E-state index contributed by atoms with van der Waals surface area (Å²) in [5.74, 6) is 0.808. The lowest BCUT2D eigenvalue weighted by molar-refractivity contribution is 0.102. The predicted molar refractivity (Wildman–Crippen MR) is 97.1 cm³/mol. The number of benzene rings is 1. The third-order valence-electron chi connectivity index (χ3n) is 3.60. The molecule has 2 heterocycles. The molecule has 5 nitrogen and oxygen atoms in total. The van der Waals surface area contributed by atoms with Crippen LogP contribution in [0.4, 0.5) is 5.69 Å². The third kappa shape index (κ3) is 3.49. The molecular formula is C17H18ClN3O2S. The van der Waals surface area contributed by atoms with Crippen molar-refractivity contribution in [1.29, 1.82) is 0 Å². The molecule has 0 amide bonds. The van der Waals surface area contributed by atoms with Crippen LogP contribution in [-0.2, 0) is 6.54 Å². The molecule has 7 heteroatoms. The smallest absolute Gasteiger partial charge is 0.190 e. The second-order valence-corrected chi connectivity index (χ2v) is 6.10. The van der Waals surface area contributed by atoms with Crippen molar-refractivity contribution in [3.63, 3.8) is 0 Å². The van der Waals surface area contributed by atoms with Gasteiger partial charge in [-0.1, -0.05) is 11.3 Å². The normalized spacial score (nSPS) is 11.4. The molecule has 0 atom stereocenters. The van der Waals surface area contributed by atoms with Crippen LogP contribution in [0, 0.1) is 6.92 Å². The molecule has 126 valence electrons. The molecule has 0 radical (unpaired) electrons. The van der Waals surface area contributed by atoms with Gasteiger partial charge in [-0.05, 0) is 38.1 Å². The van der Waals surface area contributed by atoms with Crippen LogP contribution in [0.15, 0.2) is 46.3 Å². The maximum Gasteiger partial charge on any atom is 0.190 e. The van der Waals surface area contributed by atoms with E-state index in [0.29, 0.717) is 0 Å². The van der Waals surface area contributed by atoms with E-state index in [1.54, 1.807) is 13.1 Å². The molecule has 0 aliphatic heterocycles. The second kappa shape index (κ2) is 7.59. The summed E-state index contributed by atoms with van der Waals surface area (Å²) in [6.45, 7) is 6.39. The highest BCUT2D eigenvalue weighted by Gasteiger charge is 2.12. The van der Waals surface area contributed by atoms with Crippen LogP contribution in [0.1, 0.15) is 29.2 Å². The van der Waals surface area contributed by atoms with E-state index in [-0.39, 0.29) is 18.2 Å². The number of oxazole rings is 1. The van der Waals surface area contributed by atoms with Crippen molar-refractivity contribution in [2.24, 2.45) is 4.99 Å². The van der Waals surface area contributed by atoms with Crippen LogP contribution in [0.2, 0.25) is 0 Å². The zero-order valence-corrected chi connectivity index (χ0v) is 15.3. The fourth-order valence-corrected chi connectivity index (χ4v) is 3.55. The van der Waals surface area contributed by atoms with Crippen LogP contribution >= 0.6 is 23.7 Å². The SMILES string of the molecule is CCn1c(C)c(C(C)=O)s/c1=N\c1ccc(-c2cnco2)cc1.Cl. The Hall–Kier alpha value is -2.18. The van der Waals surface area contributed by atoms with E-state index in [1.807, 2.05) is 31.2 Å². The van der Waals surface area contributed by atoms with Gasteiger partial charge in [0.25, 0.3) is 0 Å². The van der Waals surface area contributed by atoms with E-state index in [0.717, 1.165) is 38.9 Å². The Bertz CT molecular complexity index is 893. The monoisotopic (exact) mass is 363 g/mol. The quantitative estimate of drug-likeness (QED) is 0.646. The van der Waals surface area contributed by atoms with Crippen molar-refractivity contribution in [1.82, 2.24) is 9.55 Å². The number of nitrogens with zero attached hydrogens (tertiary/aromatic N) is 3. The minimum Gasteiger partial charge on any atom is -0.444 e. The van der Waals surface area contributed by atoms with Gasteiger partial charge in [0.2, 0.25) is 0 Å². The first-order valence-electron chi connectivity index (χ1n) is 7.35. The number of rotatable bonds is 4. The van der Waals surface area contributed by atoms with Gasteiger partial charge in [0, 0.05) is 24.7 Å². The molecule has 1 aromatic carbocycles. The fraction of sp³-hybridized carbons (Fsp3) is 0.235. The molecule has 24 heavy (non-hydrogen) atoms. The number of hydrogen-bond acceptors (Lipinski definition) is 5. The van der Waals surface area contributed by atoms with E-state index in [1.165, 1.54) is 17.7 Å². The Morgan fingerprint density at radius 2 is 2.04 bits per heavy atom. The van der Waals surface area contributed by atoms with Crippen LogP contribution < -0.4 is 4.80 Å². The lowest BCUT2D eigenvalue weighted by atomic mass is 10.2. The zero-order chi connectivity index (χ0) is 16.4. The van der Waals surface area contributed by atoms with Gasteiger partial charge in [0.05, 0.1) is 16.8 Å². The van der Waals surface area contributed by atoms with Crippen LogP contribution in [0.25, 0.3) is 11.3 Å². The van der Waals surface area contributed by atoms with E-state index in [4.69, 9.17) is 4.42 Å². The predicted octanol–water partition coefficient (Wildman–Crippen LogP) is 4.39. The largest absolute Gasteiger partial charge is 0.444 e. The summed E-state index contributed by atoms with van der Waals surface area (Å²) in [5.41, 5.74) is 2.77. The fourth-order valence-electron chi connectivity index (χ4n) is 2.44. The van der Waals surface area contributed by atoms with E-state index >= 15 is 0 Å². The lowest BCUT2D eigenvalue weighted by Crippen LogP contribution is -2.14. The van der Waals surface area contributed by atoms with Crippen LogP contribution in [0.3, 0.4) is 0 Å². The van der Waals surface area contributed by atoms with Gasteiger partial charge in [-0.3, -0.25) is 4.79 Å². The Morgan fingerprint density at radius 1 is 1.33 bits per heavy atom. The number of hydrogen-bond donors (Lipinski definition) is 0. The number of carbonyl (C=O) groups is 1. The number of aromatic nitrogens is 2. The van der Waals surface area contributed by atoms with Crippen molar-refractivity contribution in [3.05, 3.63) is 52.2 Å². The molecule has 0 N–H and O–H groups in total. The average Bonchev–Trinajstić information content (AvgIpc) is 3.16. The lowest BCUT2D eigenvalue weighted by Gasteiger charge is -2.01. The summed E-state index contributed by atoms with van der Waals surface area (Å²) < 4.78 is 7.34. The van der Waals surface area contributed by atoms with Crippen molar-refractivity contribution < 1.29 is 9.21 Å². The molecule has 3 rings (SSSR count). The standard InChI is InChI=1S/C17H17N3O2S.ClH/c1-4-20-11(2)16(12(3)21)23-17(20)19-14-7-5-13(6-8-14)15-9-18-10-22-15;/h5-10H,4H2,1-3H3;1H/b19-17-;. The molecular weight excluding hydrogens is 346 g/mol. The highest BCUT2D eigenvalue weighted by molar-refractivity contribution is 7.11. The minimum absolute atomic E-state index is 0. The van der Waals surface area contributed by atoms with Crippen LogP contribution in [-0.4, -0.2) is 15.3 Å². The summed E-state index contributed by atoms with van der Waals surface area (Å²) in [6, 6.07) is 7.75. The number of thiazole rings is 1. The second-order valence-electron chi connectivity index (χ2n) is 5.12. The van der Waals surface area contributed by atoms with Gasteiger partial charge in [-0.25, -0.2) is 9.98 Å². The first-order valence-corrected chi connectivity index (χ1v) is 8.16. The van der Waals surface area contributed by atoms with Crippen molar-refractivity contribution >= 4 is 35.2 Å². The van der Waals surface area contributed by atoms with E-state index < -0.39 is 0 Å².